The number of carbonyl (C=O) groups is 2. The van der Waals surface area contributed by atoms with Gasteiger partial charge < -0.3 is 16.8 Å². The third-order valence-electron chi connectivity index (χ3n) is 2.09. The van der Waals surface area contributed by atoms with Gasteiger partial charge in [-0.3, -0.25) is 9.59 Å². The lowest BCUT2D eigenvalue weighted by Gasteiger charge is -2.08. The second kappa shape index (κ2) is 5.27. The van der Waals surface area contributed by atoms with Crippen LogP contribution in [0.4, 0.5) is 0 Å². The van der Waals surface area contributed by atoms with Crippen LogP contribution >= 0.6 is 0 Å². The van der Waals surface area contributed by atoms with Gasteiger partial charge in [0, 0.05) is 12.1 Å². The summed E-state index contributed by atoms with van der Waals surface area (Å²) in [6.07, 6.45) is 0. The molecule has 5 N–H and O–H groups in total. The third-order valence-corrected chi connectivity index (χ3v) is 2.09. The monoisotopic (exact) mass is 221 g/mol. The minimum absolute atomic E-state index is 0.232. The zero-order chi connectivity index (χ0) is 12.1. The predicted octanol–water partition coefficient (Wildman–Crippen LogP) is -0.251. The van der Waals surface area contributed by atoms with E-state index in [0.717, 1.165) is 5.56 Å². The second-order valence-electron chi connectivity index (χ2n) is 3.57. The Kier molecular flexibility index (Phi) is 4.02. The SMILES string of the molecule is C[C@H](N)C(=O)NCc1cccc(C(N)=O)c1. The van der Waals surface area contributed by atoms with Gasteiger partial charge in [0.2, 0.25) is 11.8 Å². The van der Waals surface area contributed by atoms with Gasteiger partial charge in [-0.2, -0.15) is 0 Å². The maximum Gasteiger partial charge on any atom is 0.248 e. The fraction of sp³-hybridized carbons (Fsp3) is 0.273. The van der Waals surface area contributed by atoms with Crippen molar-refractivity contribution in [3.05, 3.63) is 35.4 Å². The van der Waals surface area contributed by atoms with Gasteiger partial charge in [-0.25, -0.2) is 0 Å². The van der Waals surface area contributed by atoms with Crippen LogP contribution in [0, 0.1) is 0 Å². The highest BCUT2D eigenvalue weighted by Crippen LogP contribution is 2.04. The molecule has 0 aliphatic carbocycles. The number of nitrogens with one attached hydrogen (secondary N) is 1. The van der Waals surface area contributed by atoms with Crippen molar-refractivity contribution in [2.24, 2.45) is 11.5 Å². The fourth-order valence-corrected chi connectivity index (χ4v) is 1.18. The normalized spacial score (nSPS) is 11.9. The molecule has 16 heavy (non-hydrogen) atoms. The Hall–Kier alpha value is -1.88. The molecule has 0 bridgehead atoms. The molecule has 0 heterocycles. The minimum Gasteiger partial charge on any atom is -0.366 e. The first-order valence-electron chi connectivity index (χ1n) is 4.92. The summed E-state index contributed by atoms with van der Waals surface area (Å²) in [5.74, 6) is -0.718. The third kappa shape index (κ3) is 3.36. The van der Waals surface area contributed by atoms with Crippen molar-refractivity contribution in [1.82, 2.24) is 5.32 Å². The molecule has 0 aliphatic heterocycles. The summed E-state index contributed by atoms with van der Waals surface area (Å²) >= 11 is 0. The summed E-state index contributed by atoms with van der Waals surface area (Å²) in [6, 6.07) is 6.24. The Morgan fingerprint density at radius 2 is 2.12 bits per heavy atom. The highest BCUT2D eigenvalue weighted by molar-refractivity contribution is 5.92. The molecule has 0 saturated heterocycles. The number of hydrogen-bond donors (Lipinski definition) is 3. The second-order valence-corrected chi connectivity index (χ2v) is 3.57. The first-order valence-corrected chi connectivity index (χ1v) is 4.92. The molecule has 2 amide bonds. The molecule has 5 nitrogen and oxygen atoms in total. The molecule has 1 aromatic rings. The maximum absolute atomic E-state index is 11.2. The van der Waals surface area contributed by atoms with Crippen LogP contribution in [0.2, 0.25) is 0 Å². The van der Waals surface area contributed by atoms with Crippen molar-refractivity contribution < 1.29 is 9.59 Å². The Bertz CT molecular complexity index is 402. The molecule has 0 saturated carbocycles. The van der Waals surface area contributed by atoms with Gasteiger partial charge in [-0.15, -0.1) is 0 Å². The highest BCUT2D eigenvalue weighted by atomic mass is 16.2. The Balaban J connectivity index is 2.64. The van der Waals surface area contributed by atoms with E-state index in [2.05, 4.69) is 5.32 Å². The maximum atomic E-state index is 11.2. The standard InChI is InChI=1S/C11H15N3O2/c1-7(12)11(16)14-6-8-3-2-4-9(5-8)10(13)15/h2-5,7H,6,12H2,1H3,(H2,13,15)(H,14,16)/t7-/m0/s1. The average Bonchev–Trinajstić information content (AvgIpc) is 2.26. The van der Waals surface area contributed by atoms with Gasteiger partial charge in [-0.1, -0.05) is 12.1 Å². The molecule has 0 radical (unpaired) electrons. The Morgan fingerprint density at radius 1 is 1.44 bits per heavy atom. The van der Waals surface area contributed by atoms with Crippen molar-refractivity contribution in [2.75, 3.05) is 0 Å². The van der Waals surface area contributed by atoms with Gasteiger partial charge in [-0.05, 0) is 24.6 Å². The summed E-state index contributed by atoms with van der Waals surface area (Å²) in [7, 11) is 0. The lowest BCUT2D eigenvalue weighted by Crippen LogP contribution is -2.37. The molecule has 0 aliphatic rings. The average molecular weight is 221 g/mol. The van der Waals surface area contributed by atoms with Crippen molar-refractivity contribution in [2.45, 2.75) is 19.5 Å². The van der Waals surface area contributed by atoms with Gasteiger partial charge in [0.15, 0.2) is 0 Å². The Labute approximate surface area is 93.8 Å². The lowest BCUT2D eigenvalue weighted by molar-refractivity contribution is -0.122. The van der Waals surface area contributed by atoms with Crippen LogP contribution in [0.25, 0.3) is 0 Å². The largest absolute Gasteiger partial charge is 0.366 e. The molecule has 86 valence electrons. The van der Waals surface area contributed by atoms with E-state index in [1.807, 2.05) is 0 Å². The van der Waals surface area contributed by atoms with Crippen LogP contribution in [0.1, 0.15) is 22.8 Å². The van der Waals surface area contributed by atoms with E-state index in [9.17, 15) is 9.59 Å². The number of hydrogen-bond acceptors (Lipinski definition) is 3. The van der Waals surface area contributed by atoms with E-state index < -0.39 is 11.9 Å². The van der Waals surface area contributed by atoms with Crippen molar-refractivity contribution in [1.29, 1.82) is 0 Å². The molecular weight excluding hydrogens is 206 g/mol. The van der Waals surface area contributed by atoms with Gasteiger partial charge in [0.1, 0.15) is 0 Å². The molecule has 1 aromatic carbocycles. The first-order chi connectivity index (χ1) is 7.50. The van der Waals surface area contributed by atoms with Crippen LogP contribution in [0.15, 0.2) is 24.3 Å². The van der Waals surface area contributed by atoms with E-state index in [0.29, 0.717) is 12.1 Å². The molecule has 5 heteroatoms. The van der Waals surface area contributed by atoms with Gasteiger partial charge in [0.05, 0.1) is 6.04 Å². The minimum atomic E-state index is -0.542. The Morgan fingerprint density at radius 3 is 2.69 bits per heavy atom. The quantitative estimate of drug-likeness (QED) is 0.653. The number of amides is 2. The van der Waals surface area contributed by atoms with Crippen LogP contribution in [-0.4, -0.2) is 17.9 Å². The molecule has 1 rings (SSSR count). The summed E-state index contributed by atoms with van der Waals surface area (Å²) in [5.41, 5.74) is 11.8. The number of primary amides is 1. The summed E-state index contributed by atoms with van der Waals surface area (Å²) in [5, 5.41) is 2.65. The van der Waals surface area contributed by atoms with Crippen LogP contribution in [0.3, 0.4) is 0 Å². The summed E-state index contributed by atoms with van der Waals surface area (Å²) < 4.78 is 0. The first kappa shape index (κ1) is 12.2. The van der Waals surface area contributed by atoms with E-state index in [-0.39, 0.29) is 5.91 Å². The fourth-order valence-electron chi connectivity index (χ4n) is 1.18. The zero-order valence-corrected chi connectivity index (χ0v) is 9.07. The van der Waals surface area contributed by atoms with Gasteiger partial charge >= 0.3 is 0 Å². The van der Waals surface area contributed by atoms with Crippen LogP contribution in [0.5, 0.6) is 0 Å². The van der Waals surface area contributed by atoms with E-state index in [1.165, 1.54) is 0 Å². The lowest BCUT2D eigenvalue weighted by atomic mass is 10.1. The number of nitrogens with two attached hydrogens (primary N) is 2. The van der Waals surface area contributed by atoms with Crippen LogP contribution in [-0.2, 0) is 11.3 Å². The molecule has 1 atom stereocenters. The summed E-state index contributed by atoms with van der Waals surface area (Å²) in [6.45, 7) is 1.94. The van der Waals surface area contributed by atoms with E-state index >= 15 is 0 Å². The van der Waals surface area contributed by atoms with Crippen LogP contribution < -0.4 is 16.8 Å². The van der Waals surface area contributed by atoms with E-state index in [4.69, 9.17) is 11.5 Å². The molecule has 0 unspecified atom stereocenters. The summed E-state index contributed by atoms with van der Waals surface area (Å²) in [4.78, 5) is 22.1. The zero-order valence-electron chi connectivity index (χ0n) is 9.07. The van der Waals surface area contributed by atoms with Crippen molar-refractivity contribution >= 4 is 11.8 Å². The van der Waals surface area contributed by atoms with Gasteiger partial charge in [0.25, 0.3) is 0 Å². The smallest absolute Gasteiger partial charge is 0.248 e. The van der Waals surface area contributed by atoms with E-state index in [1.54, 1.807) is 31.2 Å². The van der Waals surface area contributed by atoms with Crippen molar-refractivity contribution in [3.63, 3.8) is 0 Å². The molecule has 0 spiro atoms. The number of carbonyl (C=O) groups excluding carboxylic acids is 2. The molecule has 0 aromatic heterocycles. The highest BCUT2D eigenvalue weighted by Gasteiger charge is 2.07. The number of benzene rings is 1. The predicted molar refractivity (Wildman–Crippen MR) is 60.5 cm³/mol. The molecular formula is C11H15N3O2. The topological polar surface area (TPSA) is 98.2 Å². The molecule has 0 fully saturated rings. The van der Waals surface area contributed by atoms with Crippen molar-refractivity contribution in [3.8, 4) is 0 Å². The number of rotatable bonds is 4.